The summed E-state index contributed by atoms with van der Waals surface area (Å²) < 4.78 is 5.97. The first-order valence-electron chi connectivity index (χ1n) is 8.33. The Morgan fingerprint density at radius 3 is 2.65 bits per heavy atom. The molecule has 124 valence electrons. The number of Topliss-reactive ketones (excluding diaryl/α,β-unsaturated/α-hetero) is 1. The highest BCUT2D eigenvalue weighted by molar-refractivity contribution is 8.00. The monoisotopic (exact) mass is 330 g/mol. The number of hydrogen-bond acceptors (Lipinski definition) is 3. The predicted octanol–water partition coefficient (Wildman–Crippen LogP) is 4.74. The van der Waals surface area contributed by atoms with Crippen molar-refractivity contribution in [2.24, 2.45) is 16.7 Å². The molecule has 0 aliphatic heterocycles. The molecule has 23 heavy (non-hydrogen) atoms. The summed E-state index contributed by atoms with van der Waals surface area (Å²) in [7, 11) is 1.80. The first-order valence-corrected chi connectivity index (χ1v) is 9.21. The SMILES string of the molecule is C=CC[C@@]12CC(C)(C)[C@@H](CC(=O)[C@@H]1Sc1ccccc1)[C@@H]2OC. The fraction of sp³-hybridized carbons (Fsp3) is 0.550. The fourth-order valence-electron chi connectivity index (χ4n) is 4.94. The minimum Gasteiger partial charge on any atom is -0.380 e. The van der Waals surface area contributed by atoms with Crippen LogP contribution in [0, 0.1) is 16.7 Å². The van der Waals surface area contributed by atoms with Gasteiger partial charge in [0.05, 0.1) is 11.4 Å². The van der Waals surface area contributed by atoms with E-state index >= 15 is 0 Å². The molecule has 0 heterocycles. The molecule has 4 atom stereocenters. The summed E-state index contributed by atoms with van der Waals surface area (Å²) in [5, 5.41) is -0.0501. The highest BCUT2D eigenvalue weighted by atomic mass is 32.2. The van der Waals surface area contributed by atoms with Gasteiger partial charge in [0.15, 0.2) is 0 Å². The number of methoxy groups -OCH3 is 1. The Labute approximate surface area is 143 Å². The molecule has 2 aliphatic carbocycles. The van der Waals surface area contributed by atoms with Crippen molar-refractivity contribution in [1.29, 1.82) is 0 Å². The van der Waals surface area contributed by atoms with E-state index in [0.717, 1.165) is 17.7 Å². The highest BCUT2D eigenvalue weighted by Gasteiger charge is 2.65. The van der Waals surface area contributed by atoms with Gasteiger partial charge in [0.25, 0.3) is 0 Å². The Bertz CT molecular complexity index is 595. The Kier molecular flexibility index (Phi) is 4.45. The molecule has 1 aromatic carbocycles. The third-order valence-corrected chi connectivity index (χ3v) is 7.24. The van der Waals surface area contributed by atoms with Crippen molar-refractivity contribution in [3.8, 4) is 0 Å². The van der Waals surface area contributed by atoms with Crippen LogP contribution in [0.5, 0.6) is 0 Å². The molecule has 1 aromatic rings. The van der Waals surface area contributed by atoms with E-state index in [1.807, 2.05) is 24.3 Å². The summed E-state index contributed by atoms with van der Waals surface area (Å²) in [6.07, 6.45) is 4.60. The summed E-state index contributed by atoms with van der Waals surface area (Å²) in [5.41, 5.74) is -0.00808. The van der Waals surface area contributed by atoms with E-state index in [9.17, 15) is 4.79 Å². The van der Waals surface area contributed by atoms with Crippen LogP contribution in [0.3, 0.4) is 0 Å². The van der Waals surface area contributed by atoms with Crippen LogP contribution >= 0.6 is 11.8 Å². The third-order valence-electron chi connectivity index (χ3n) is 5.73. The number of benzene rings is 1. The van der Waals surface area contributed by atoms with E-state index in [1.165, 1.54) is 0 Å². The van der Waals surface area contributed by atoms with Crippen LogP contribution in [0.25, 0.3) is 0 Å². The molecule has 3 heteroatoms. The minimum absolute atomic E-state index is 0.0501. The van der Waals surface area contributed by atoms with Gasteiger partial charge in [-0.05, 0) is 36.3 Å². The minimum atomic E-state index is -0.138. The lowest BCUT2D eigenvalue weighted by atomic mass is 9.70. The molecular formula is C20H26O2S. The number of thioether (sulfide) groups is 1. The van der Waals surface area contributed by atoms with Crippen molar-refractivity contribution in [2.75, 3.05) is 7.11 Å². The Morgan fingerprint density at radius 2 is 2.04 bits per heavy atom. The summed E-state index contributed by atoms with van der Waals surface area (Å²) in [4.78, 5) is 14.1. The van der Waals surface area contributed by atoms with Crippen molar-refractivity contribution in [1.82, 2.24) is 0 Å². The molecule has 0 spiro atoms. The lowest BCUT2D eigenvalue weighted by molar-refractivity contribution is -0.131. The van der Waals surface area contributed by atoms with Crippen molar-refractivity contribution < 1.29 is 9.53 Å². The summed E-state index contributed by atoms with van der Waals surface area (Å²) in [6, 6.07) is 10.3. The number of hydrogen-bond donors (Lipinski definition) is 0. The normalized spacial score (nSPS) is 35.3. The Morgan fingerprint density at radius 1 is 1.35 bits per heavy atom. The van der Waals surface area contributed by atoms with Crippen LogP contribution in [0.15, 0.2) is 47.9 Å². The maximum absolute atomic E-state index is 13.0. The molecule has 0 aromatic heterocycles. The standard InChI is InChI=1S/C20H26O2S/c1-5-11-20-13-19(2,3)15(17(20)22-4)12-16(21)18(20)23-14-9-7-6-8-10-14/h5-10,15,17-18H,1,11-13H2,2-4H3/t15-,17-,18-,20-/m0/s1. The molecule has 0 saturated heterocycles. The van der Waals surface area contributed by atoms with Gasteiger partial charge < -0.3 is 4.74 Å². The zero-order valence-corrected chi connectivity index (χ0v) is 15.1. The predicted molar refractivity (Wildman–Crippen MR) is 95.6 cm³/mol. The zero-order chi connectivity index (χ0) is 16.7. The number of rotatable bonds is 5. The number of allylic oxidation sites excluding steroid dienone is 1. The molecule has 2 bridgehead atoms. The highest BCUT2D eigenvalue weighted by Crippen LogP contribution is 2.64. The molecular weight excluding hydrogens is 304 g/mol. The van der Waals surface area contributed by atoms with E-state index in [1.54, 1.807) is 18.9 Å². The molecule has 2 fully saturated rings. The lowest BCUT2D eigenvalue weighted by Gasteiger charge is -2.44. The van der Waals surface area contributed by atoms with E-state index in [-0.39, 0.29) is 22.2 Å². The maximum Gasteiger partial charge on any atom is 0.147 e. The molecule has 2 aliphatic rings. The van der Waals surface area contributed by atoms with Gasteiger partial charge in [0, 0.05) is 23.8 Å². The van der Waals surface area contributed by atoms with Crippen LogP contribution in [0.1, 0.15) is 33.1 Å². The number of ketones is 1. The molecule has 3 rings (SSSR count). The number of carbonyl (C=O) groups is 1. The summed E-state index contributed by atoms with van der Waals surface area (Å²) >= 11 is 1.71. The molecule has 0 amide bonds. The van der Waals surface area contributed by atoms with Gasteiger partial charge in [-0.15, -0.1) is 18.3 Å². The van der Waals surface area contributed by atoms with Gasteiger partial charge in [-0.25, -0.2) is 0 Å². The van der Waals surface area contributed by atoms with Crippen molar-refractivity contribution in [2.45, 2.75) is 49.4 Å². The second kappa shape index (κ2) is 6.10. The topological polar surface area (TPSA) is 26.3 Å². The average Bonchev–Trinajstić information content (AvgIpc) is 2.68. The second-order valence-corrected chi connectivity index (χ2v) is 8.81. The third kappa shape index (κ3) is 2.68. The smallest absolute Gasteiger partial charge is 0.147 e. The van der Waals surface area contributed by atoms with Gasteiger partial charge in [0.2, 0.25) is 0 Å². The quantitative estimate of drug-likeness (QED) is 0.729. The van der Waals surface area contributed by atoms with Gasteiger partial charge >= 0.3 is 0 Å². The molecule has 0 unspecified atom stereocenters. The Hall–Kier alpha value is -1.06. The van der Waals surface area contributed by atoms with Crippen LogP contribution in [-0.4, -0.2) is 24.2 Å². The van der Waals surface area contributed by atoms with Crippen LogP contribution in [0.4, 0.5) is 0 Å². The summed E-state index contributed by atoms with van der Waals surface area (Å²) in [5.74, 6) is 0.692. The lowest BCUT2D eigenvalue weighted by Crippen LogP contribution is -2.51. The van der Waals surface area contributed by atoms with Gasteiger partial charge in [-0.3, -0.25) is 4.79 Å². The maximum atomic E-state index is 13.0. The van der Waals surface area contributed by atoms with Crippen molar-refractivity contribution in [3.05, 3.63) is 43.0 Å². The average molecular weight is 330 g/mol. The largest absolute Gasteiger partial charge is 0.380 e. The molecule has 0 radical (unpaired) electrons. The van der Waals surface area contributed by atoms with Crippen LogP contribution in [0.2, 0.25) is 0 Å². The van der Waals surface area contributed by atoms with Crippen LogP contribution < -0.4 is 0 Å². The summed E-state index contributed by atoms with van der Waals surface area (Å²) in [6.45, 7) is 8.55. The number of carbonyl (C=O) groups excluding carboxylic acids is 1. The number of fused-ring (bicyclic) bond motifs is 2. The van der Waals surface area contributed by atoms with E-state index < -0.39 is 0 Å². The van der Waals surface area contributed by atoms with E-state index in [0.29, 0.717) is 18.1 Å². The van der Waals surface area contributed by atoms with Crippen LogP contribution in [-0.2, 0) is 9.53 Å². The van der Waals surface area contributed by atoms with E-state index in [2.05, 4.69) is 32.6 Å². The fourth-order valence-corrected chi connectivity index (χ4v) is 6.30. The van der Waals surface area contributed by atoms with E-state index in [4.69, 9.17) is 4.74 Å². The molecule has 2 nitrogen and oxygen atoms in total. The van der Waals surface area contributed by atoms with Crippen molar-refractivity contribution in [3.63, 3.8) is 0 Å². The van der Waals surface area contributed by atoms with Crippen molar-refractivity contribution >= 4 is 17.5 Å². The first-order chi connectivity index (χ1) is 10.9. The zero-order valence-electron chi connectivity index (χ0n) is 14.2. The first kappa shape index (κ1) is 16.8. The molecule has 2 saturated carbocycles. The number of ether oxygens (including phenoxy) is 1. The molecule has 0 N–H and O–H groups in total. The van der Waals surface area contributed by atoms with Gasteiger partial charge in [-0.2, -0.15) is 0 Å². The van der Waals surface area contributed by atoms with Gasteiger partial charge in [-0.1, -0.05) is 38.1 Å². The van der Waals surface area contributed by atoms with Gasteiger partial charge in [0.1, 0.15) is 5.78 Å². The Balaban J connectivity index is 2.02. The second-order valence-electron chi connectivity index (χ2n) is 7.64.